The van der Waals surface area contributed by atoms with Gasteiger partial charge in [0, 0.05) is 25.0 Å². The largest absolute Gasteiger partial charge is 0.347 e. The maximum Gasteiger partial charge on any atom is 0.289 e. The van der Waals surface area contributed by atoms with Gasteiger partial charge < -0.3 is 26.2 Å². The van der Waals surface area contributed by atoms with E-state index in [4.69, 9.17) is 0 Å². The summed E-state index contributed by atoms with van der Waals surface area (Å²) in [6.07, 6.45) is 12.2. The van der Waals surface area contributed by atoms with Crippen molar-refractivity contribution in [1.82, 2.24) is 36.1 Å². The zero-order chi connectivity index (χ0) is 37.0. The molecule has 3 rings (SSSR count). The number of nitrogens with zero attached hydrogens (tertiary/aromatic N) is 3. The monoisotopic (exact) mass is 697 g/mol. The molecule has 1 aliphatic heterocycles. The van der Waals surface area contributed by atoms with E-state index in [0.29, 0.717) is 25.8 Å². The Morgan fingerprint density at radius 1 is 0.920 bits per heavy atom. The van der Waals surface area contributed by atoms with Gasteiger partial charge in [-0.05, 0) is 62.7 Å². The number of aromatic nitrogens is 2. The van der Waals surface area contributed by atoms with Crippen LogP contribution in [0.25, 0.3) is 0 Å². The molecule has 1 aromatic rings. The van der Waals surface area contributed by atoms with E-state index < -0.39 is 64.9 Å². The third-order valence-electron chi connectivity index (χ3n) is 9.98. The maximum atomic E-state index is 14.5. The molecule has 6 atom stereocenters. The summed E-state index contributed by atoms with van der Waals surface area (Å²) in [5, 5.41) is 11.4. The van der Waals surface area contributed by atoms with Gasteiger partial charge in [0.15, 0.2) is 0 Å². The summed E-state index contributed by atoms with van der Waals surface area (Å²) in [6.45, 7) is 13.5. The van der Waals surface area contributed by atoms with Crippen LogP contribution in [0.4, 0.5) is 0 Å². The van der Waals surface area contributed by atoms with Crippen molar-refractivity contribution in [3.8, 4) is 0 Å². The number of nitrogens with one attached hydrogen (secondary N) is 4. The van der Waals surface area contributed by atoms with Gasteiger partial charge in [0.1, 0.15) is 23.8 Å². The Kier molecular flexibility index (Phi) is 15.3. The van der Waals surface area contributed by atoms with Gasteiger partial charge >= 0.3 is 0 Å². The van der Waals surface area contributed by atoms with E-state index in [2.05, 4.69) is 31.2 Å². The minimum absolute atomic E-state index is 0.0475. The van der Waals surface area contributed by atoms with Crippen LogP contribution >= 0.6 is 0 Å². The van der Waals surface area contributed by atoms with E-state index in [1.807, 2.05) is 48.5 Å². The molecule has 2 heterocycles. The van der Waals surface area contributed by atoms with Crippen molar-refractivity contribution in [2.75, 3.05) is 6.54 Å². The molecule has 50 heavy (non-hydrogen) atoms. The Morgan fingerprint density at radius 2 is 1.62 bits per heavy atom. The Balaban J connectivity index is 1.87. The van der Waals surface area contributed by atoms with Crippen molar-refractivity contribution in [2.24, 2.45) is 17.3 Å². The first-order chi connectivity index (χ1) is 23.7. The molecule has 13 nitrogen and oxygen atoms in total. The van der Waals surface area contributed by atoms with Crippen molar-refractivity contribution in [3.05, 3.63) is 24.3 Å². The van der Waals surface area contributed by atoms with Crippen LogP contribution in [0.2, 0.25) is 0 Å². The van der Waals surface area contributed by atoms with Crippen molar-refractivity contribution >= 4 is 35.3 Å². The molecule has 0 spiro atoms. The highest BCUT2D eigenvalue weighted by Crippen LogP contribution is 2.32. The number of hydrogen-bond acceptors (Lipinski definition) is 8. The van der Waals surface area contributed by atoms with E-state index in [0.717, 1.165) is 44.9 Å². The highest BCUT2D eigenvalue weighted by atomic mass is 16.2. The molecule has 0 bridgehead atoms. The summed E-state index contributed by atoms with van der Waals surface area (Å²) in [4.78, 5) is 91.2. The molecule has 1 saturated heterocycles. The minimum atomic E-state index is -1.02. The number of amides is 5. The van der Waals surface area contributed by atoms with Gasteiger partial charge in [-0.3, -0.25) is 33.8 Å². The van der Waals surface area contributed by atoms with Crippen LogP contribution in [0.15, 0.2) is 18.6 Å². The molecule has 1 aromatic heterocycles. The number of rotatable bonds is 16. The Morgan fingerprint density at radius 3 is 2.20 bits per heavy atom. The lowest BCUT2D eigenvalue weighted by atomic mass is 9.82. The van der Waals surface area contributed by atoms with Gasteiger partial charge in [0.05, 0.1) is 12.2 Å². The van der Waals surface area contributed by atoms with Crippen LogP contribution in [-0.2, 0) is 24.0 Å². The van der Waals surface area contributed by atoms with Crippen LogP contribution in [-0.4, -0.2) is 86.9 Å². The highest BCUT2D eigenvalue weighted by molar-refractivity contribution is 6.38. The van der Waals surface area contributed by atoms with Gasteiger partial charge in [-0.2, -0.15) is 0 Å². The fraction of sp³-hybridized carbons (Fsp3) is 0.730. The number of ketones is 1. The summed E-state index contributed by atoms with van der Waals surface area (Å²) in [7, 11) is 0. The number of carbonyl (C=O) groups excluding carboxylic acids is 6. The fourth-order valence-corrected chi connectivity index (χ4v) is 6.96. The molecule has 13 heteroatoms. The second-order valence-corrected chi connectivity index (χ2v) is 15.1. The lowest BCUT2D eigenvalue weighted by molar-refractivity contribution is -0.145. The van der Waals surface area contributed by atoms with Gasteiger partial charge in [0.2, 0.25) is 23.5 Å². The standard InChI is InChI=1S/C37H59N7O6/c1-8-14-24-20-28(33(47)41-26(15-9-2)30(45)35(49)40-23(4)10-3)44(22-24)36(50)31(37(5,6)7)43-34(48)29(25-16-12-11-13-17-25)42-32(46)27-21-38-18-19-39-27/h18-19,21,23-26,28-29,31H,8-17,20,22H2,1-7H3,(H,40,49)(H,41,47)(H,42,46)(H,43,48). The zero-order valence-electron chi connectivity index (χ0n) is 31.0. The zero-order valence-corrected chi connectivity index (χ0v) is 31.0. The average Bonchev–Trinajstić information content (AvgIpc) is 3.53. The third-order valence-corrected chi connectivity index (χ3v) is 9.98. The van der Waals surface area contributed by atoms with Gasteiger partial charge in [0.25, 0.3) is 11.8 Å². The highest BCUT2D eigenvalue weighted by Gasteiger charge is 2.46. The van der Waals surface area contributed by atoms with E-state index in [1.54, 1.807) is 0 Å². The second-order valence-electron chi connectivity index (χ2n) is 15.1. The minimum Gasteiger partial charge on any atom is -0.347 e. The smallest absolute Gasteiger partial charge is 0.289 e. The van der Waals surface area contributed by atoms with Gasteiger partial charge in [-0.15, -0.1) is 0 Å². The second kappa shape index (κ2) is 18.9. The van der Waals surface area contributed by atoms with Crippen LogP contribution in [0.3, 0.4) is 0 Å². The Bertz CT molecular complexity index is 1330. The number of Topliss-reactive ketones (excluding diaryl/α,β-unsaturated/α-hetero) is 1. The van der Waals surface area contributed by atoms with E-state index in [-0.39, 0.29) is 30.0 Å². The number of carbonyl (C=O) groups is 6. The predicted octanol–water partition coefficient (Wildman–Crippen LogP) is 3.47. The summed E-state index contributed by atoms with van der Waals surface area (Å²) >= 11 is 0. The average molecular weight is 698 g/mol. The van der Waals surface area contributed by atoms with Crippen molar-refractivity contribution in [3.63, 3.8) is 0 Å². The van der Waals surface area contributed by atoms with Gasteiger partial charge in [-0.25, -0.2) is 4.98 Å². The van der Waals surface area contributed by atoms with Crippen molar-refractivity contribution in [1.29, 1.82) is 0 Å². The van der Waals surface area contributed by atoms with E-state index >= 15 is 0 Å². The molecular formula is C37H59N7O6. The molecule has 2 aliphatic rings. The molecule has 1 saturated carbocycles. The molecular weight excluding hydrogens is 638 g/mol. The van der Waals surface area contributed by atoms with E-state index in [1.165, 1.54) is 23.5 Å². The van der Waals surface area contributed by atoms with Crippen LogP contribution in [0.1, 0.15) is 130 Å². The molecule has 0 radical (unpaired) electrons. The molecule has 4 N–H and O–H groups in total. The first kappa shape index (κ1) is 40.5. The first-order valence-electron chi connectivity index (χ1n) is 18.5. The van der Waals surface area contributed by atoms with E-state index in [9.17, 15) is 28.8 Å². The fourth-order valence-electron chi connectivity index (χ4n) is 6.96. The Hall–Kier alpha value is -3.90. The molecule has 278 valence electrons. The Labute approximate surface area is 297 Å². The molecule has 1 aliphatic carbocycles. The number of likely N-dealkylation sites (tertiary alicyclic amines) is 1. The van der Waals surface area contributed by atoms with Crippen LogP contribution in [0, 0.1) is 17.3 Å². The predicted molar refractivity (Wildman–Crippen MR) is 190 cm³/mol. The third kappa shape index (κ3) is 11.1. The van der Waals surface area contributed by atoms with Gasteiger partial charge in [-0.1, -0.05) is 73.6 Å². The molecule has 2 fully saturated rings. The van der Waals surface area contributed by atoms with Crippen molar-refractivity contribution in [2.45, 2.75) is 149 Å². The summed E-state index contributed by atoms with van der Waals surface area (Å²) in [6, 6.07) is -4.00. The van der Waals surface area contributed by atoms with Crippen LogP contribution < -0.4 is 21.3 Å². The lowest BCUT2D eigenvalue weighted by Crippen LogP contribution is -2.62. The topological polar surface area (TPSA) is 180 Å². The van der Waals surface area contributed by atoms with Crippen molar-refractivity contribution < 1.29 is 28.8 Å². The SMILES string of the molecule is CCCC1CC(C(=O)NC(CCC)C(=O)C(=O)NC(C)CC)N(C(=O)C(NC(=O)C(NC(=O)c2cnccn2)C2CCCCC2)C(C)(C)C)C1. The maximum absolute atomic E-state index is 14.5. The summed E-state index contributed by atoms with van der Waals surface area (Å²) < 4.78 is 0. The summed E-state index contributed by atoms with van der Waals surface area (Å²) in [5.41, 5.74) is -0.660. The summed E-state index contributed by atoms with van der Waals surface area (Å²) in [5.74, 6) is -3.40. The molecule has 5 amide bonds. The molecule has 6 unspecified atom stereocenters. The lowest BCUT2D eigenvalue weighted by Gasteiger charge is -2.37. The first-order valence-corrected chi connectivity index (χ1v) is 18.5. The quantitative estimate of drug-likeness (QED) is 0.190. The van der Waals surface area contributed by atoms with Crippen LogP contribution in [0.5, 0.6) is 0 Å². The molecule has 0 aromatic carbocycles. The number of hydrogen-bond donors (Lipinski definition) is 4. The normalized spacial score (nSPS) is 20.6.